The van der Waals surface area contributed by atoms with Gasteiger partial charge in [0.25, 0.3) is 0 Å². The quantitative estimate of drug-likeness (QED) is 0.789. The molecule has 124 valence electrons. The molecule has 0 fully saturated rings. The van der Waals surface area contributed by atoms with Gasteiger partial charge in [-0.1, -0.05) is 23.7 Å². The van der Waals surface area contributed by atoms with E-state index < -0.39 is 6.04 Å². The summed E-state index contributed by atoms with van der Waals surface area (Å²) in [6, 6.07) is 5.58. The van der Waals surface area contributed by atoms with E-state index in [0.29, 0.717) is 23.7 Å². The molecule has 5 nitrogen and oxygen atoms in total. The molecule has 23 heavy (non-hydrogen) atoms. The van der Waals surface area contributed by atoms with Crippen molar-refractivity contribution in [3.63, 3.8) is 0 Å². The number of aromatic nitrogens is 2. The Balaban J connectivity index is 1.88. The van der Waals surface area contributed by atoms with Gasteiger partial charge in [-0.15, -0.1) is 0 Å². The molecule has 0 aliphatic rings. The molecule has 0 aliphatic heterocycles. The van der Waals surface area contributed by atoms with E-state index in [1.54, 1.807) is 48.2 Å². The molecule has 1 heterocycles. The lowest BCUT2D eigenvalue weighted by Gasteiger charge is -2.24. The van der Waals surface area contributed by atoms with Crippen LogP contribution in [0.3, 0.4) is 0 Å². The van der Waals surface area contributed by atoms with Gasteiger partial charge in [0.1, 0.15) is 11.9 Å². The van der Waals surface area contributed by atoms with Crippen molar-refractivity contribution in [2.75, 3.05) is 20.6 Å². The minimum absolute atomic E-state index is 0.154. The van der Waals surface area contributed by atoms with Crippen molar-refractivity contribution in [2.24, 2.45) is 0 Å². The summed E-state index contributed by atoms with van der Waals surface area (Å²) in [5.74, 6) is -0.503. The van der Waals surface area contributed by atoms with E-state index >= 15 is 0 Å². The molecule has 1 amide bonds. The van der Waals surface area contributed by atoms with E-state index in [-0.39, 0.29) is 11.7 Å². The average molecular weight is 339 g/mol. The van der Waals surface area contributed by atoms with Crippen LogP contribution in [0.1, 0.15) is 18.0 Å². The summed E-state index contributed by atoms with van der Waals surface area (Å²) in [5, 5.41) is 7.55. The summed E-state index contributed by atoms with van der Waals surface area (Å²) in [7, 11) is 3.59. The molecule has 0 spiro atoms. The number of benzene rings is 1. The van der Waals surface area contributed by atoms with Crippen LogP contribution in [0.15, 0.2) is 36.7 Å². The highest BCUT2D eigenvalue weighted by atomic mass is 35.5. The van der Waals surface area contributed by atoms with Crippen LogP contribution in [0.4, 0.5) is 4.39 Å². The van der Waals surface area contributed by atoms with Gasteiger partial charge in [0, 0.05) is 19.3 Å². The Morgan fingerprint density at radius 3 is 2.87 bits per heavy atom. The predicted octanol–water partition coefficient (Wildman–Crippen LogP) is 2.48. The fourth-order valence-electron chi connectivity index (χ4n) is 2.37. The van der Waals surface area contributed by atoms with Crippen molar-refractivity contribution in [2.45, 2.75) is 19.0 Å². The number of hydrogen-bond acceptors (Lipinski definition) is 3. The Hall–Kier alpha value is -1.92. The van der Waals surface area contributed by atoms with E-state index in [0.717, 1.165) is 6.42 Å². The van der Waals surface area contributed by atoms with Gasteiger partial charge in [0.05, 0.1) is 11.2 Å². The molecule has 7 heteroatoms. The van der Waals surface area contributed by atoms with Gasteiger partial charge in [-0.25, -0.2) is 4.39 Å². The molecular weight excluding hydrogens is 319 g/mol. The van der Waals surface area contributed by atoms with Crippen LogP contribution in [-0.4, -0.2) is 41.2 Å². The zero-order chi connectivity index (χ0) is 16.8. The second-order valence-corrected chi connectivity index (χ2v) is 5.92. The molecule has 1 aromatic carbocycles. The monoisotopic (exact) mass is 338 g/mol. The summed E-state index contributed by atoms with van der Waals surface area (Å²) >= 11 is 5.79. The summed E-state index contributed by atoms with van der Waals surface area (Å²) in [6.45, 7) is 1.18. The SMILES string of the molecule is CN(C)C(C(=O)NCCCn1cc(Cl)cn1)c1cccc(F)c1. The molecular formula is C16H20ClFN4O. The third kappa shape index (κ3) is 5.04. The Labute approximate surface area is 140 Å². The van der Waals surface area contributed by atoms with Crippen molar-refractivity contribution in [1.29, 1.82) is 0 Å². The highest BCUT2D eigenvalue weighted by Crippen LogP contribution is 2.19. The van der Waals surface area contributed by atoms with Crippen molar-refractivity contribution in [1.82, 2.24) is 20.0 Å². The molecule has 0 radical (unpaired) electrons. The van der Waals surface area contributed by atoms with Crippen molar-refractivity contribution < 1.29 is 9.18 Å². The summed E-state index contributed by atoms with van der Waals surface area (Å²) < 4.78 is 15.1. The highest BCUT2D eigenvalue weighted by molar-refractivity contribution is 6.30. The van der Waals surface area contributed by atoms with Crippen LogP contribution in [0, 0.1) is 5.82 Å². The smallest absolute Gasteiger partial charge is 0.241 e. The number of nitrogens with one attached hydrogen (secondary N) is 1. The number of carbonyl (C=O) groups excluding carboxylic acids is 1. The summed E-state index contributed by atoms with van der Waals surface area (Å²) in [6.07, 6.45) is 4.04. The van der Waals surface area contributed by atoms with Gasteiger partial charge in [0.2, 0.25) is 5.91 Å². The third-order valence-electron chi connectivity index (χ3n) is 3.39. The predicted molar refractivity (Wildman–Crippen MR) is 87.7 cm³/mol. The molecule has 1 atom stereocenters. The van der Waals surface area contributed by atoms with Crippen molar-refractivity contribution >= 4 is 17.5 Å². The number of nitrogens with zero attached hydrogens (tertiary/aromatic N) is 3. The first-order valence-corrected chi connectivity index (χ1v) is 7.72. The second-order valence-electron chi connectivity index (χ2n) is 5.49. The van der Waals surface area contributed by atoms with E-state index in [9.17, 15) is 9.18 Å². The number of carbonyl (C=O) groups is 1. The van der Waals surface area contributed by atoms with E-state index in [2.05, 4.69) is 10.4 Å². The van der Waals surface area contributed by atoms with Crippen LogP contribution in [0.2, 0.25) is 5.02 Å². The maximum Gasteiger partial charge on any atom is 0.241 e. The Kier molecular flexibility index (Phi) is 6.12. The highest BCUT2D eigenvalue weighted by Gasteiger charge is 2.22. The van der Waals surface area contributed by atoms with Gasteiger partial charge < -0.3 is 5.32 Å². The minimum atomic E-state index is -0.523. The molecule has 1 aromatic heterocycles. The van der Waals surface area contributed by atoms with Crippen LogP contribution in [0.25, 0.3) is 0 Å². The zero-order valence-corrected chi connectivity index (χ0v) is 13.9. The van der Waals surface area contributed by atoms with Crippen molar-refractivity contribution in [3.05, 3.63) is 53.1 Å². The first kappa shape index (κ1) is 17.4. The number of likely N-dealkylation sites (N-methyl/N-ethyl adjacent to an activating group) is 1. The molecule has 1 unspecified atom stereocenters. The maximum atomic E-state index is 13.4. The number of aryl methyl sites for hydroxylation is 1. The van der Waals surface area contributed by atoms with Crippen LogP contribution < -0.4 is 5.32 Å². The number of hydrogen-bond donors (Lipinski definition) is 1. The molecule has 0 aliphatic carbocycles. The number of amides is 1. The van der Waals surface area contributed by atoms with E-state index in [1.165, 1.54) is 12.1 Å². The first-order chi connectivity index (χ1) is 11.0. The molecule has 2 aromatic rings. The maximum absolute atomic E-state index is 13.4. The molecule has 0 bridgehead atoms. The van der Waals surface area contributed by atoms with Crippen LogP contribution >= 0.6 is 11.6 Å². The molecule has 0 saturated heterocycles. The van der Waals surface area contributed by atoms with Crippen LogP contribution in [-0.2, 0) is 11.3 Å². The molecule has 0 saturated carbocycles. The van der Waals surface area contributed by atoms with Gasteiger partial charge in [-0.2, -0.15) is 5.10 Å². The zero-order valence-electron chi connectivity index (χ0n) is 13.2. The number of rotatable bonds is 7. The normalized spacial score (nSPS) is 12.4. The van der Waals surface area contributed by atoms with Crippen molar-refractivity contribution in [3.8, 4) is 0 Å². The third-order valence-corrected chi connectivity index (χ3v) is 3.59. The minimum Gasteiger partial charge on any atom is -0.354 e. The lowest BCUT2D eigenvalue weighted by atomic mass is 10.1. The van der Waals surface area contributed by atoms with E-state index in [4.69, 9.17) is 11.6 Å². The largest absolute Gasteiger partial charge is 0.354 e. The Morgan fingerprint density at radius 1 is 1.48 bits per heavy atom. The lowest BCUT2D eigenvalue weighted by molar-refractivity contribution is -0.125. The van der Waals surface area contributed by atoms with Gasteiger partial charge in [-0.05, 0) is 38.2 Å². The fourth-order valence-corrected chi connectivity index (χ4v) is 2.53. The molecule has 2 rings (SSSR count). The van der Waals surface area contributed by atoms with Gasteiger partial charge in [-0.3, -0.25) is 14.4 Å². The van der Waals surface area contributed by atoms with Gasteiger partial charge >= 0.3 is 0 Å². The Bertz CT molecular complexity index is 659. The van der Waals surface area contributed by atoms with E-state index in [1.807, 2.05) is 0 Å². The fraction of sp³-hybridized carbons (Fsp3) is 0.375. The standard InChI is InChI=1S/C16H20ClFN4O/c1-21(2)15(12-5-3-6-14(18)9-12)16(23)19-7-4-8-22-11-13(17)10-20-22/h3,5-6,9-11,15H,4,7-8H2,1-2H3,(H,19,23). The number of halogens is 2. The second kappa shape index (κ2) is 8.08. The summed E-state index contributed by atoms with van der Waals surface area (Å²) in [4.78, 5) is 14.2. The van der Waals surface area contributed by atoms with Gasteiger partial charge in [0.15, 0.2) is 0 Å². The Morgan fingerprint density at radius 2 is 2.26 bits per heavy atom. The average Bonchev–Trinajstić information content (AvgIpc) is 2.89. The first-order valence-electron chi connectivity index (χ1n) is 7.35. The van der Waals surface area contributed by atoms with Crippen LogP contribution in [0.5, 0.6) is 0 Å². The summed E-state index contributed by atoms with van der Waals surface area (Å²) in [5.41, 5.74) is 0.631. The molecule has 1 N–H and O–H groups in total. The topological polar surface area (TPSA) is 50.2 Å². The lowest BCUT2D eigenvalue weighted by Crippen LogP contribution is -2.37.